The van der Waals surface area contributed by atoms with Gasteiger partial charge in [0.2, 0.25) is 0 Å². The summed E-state index contributed by atoms with van der Waals surface area (Å²) in [4.78, 5) is 11.2. The molecule has 2 saturated carbocycles. The van der Waals surface area contributed by atoms with Crippen molar-refractivity contribution in [3.05, 3.63) is 24.3 Å². The minimum atomic E-state index is -0.323. The maximum Gasteiger partial charge on any atom is 0.333 e. The summed E-state index contributed by atoms with van der Waals surface area (Å²) in [6.07, 6.45) is 8.89. The zero-order valence-corrected chi connectivity index (χ0v) is 11.5. The van der Waals surface area contributed by atoms with E-state index in [1.807, 2.05) is 0 Å². The molecule has 0 aliphatic heterocycles. The van der Waals surface area contributed by atoms with E-state index in [2.05, 4.69) is 18.7 Å². The molecule has 104 valence electrons. The summed E-state index contributed by atoms with van der Waals surface area (Å²) in [6.45, 7) is 6.07. The third kappa shape index (κ3) is 2.36. The Balaban J connectivity index is 1.41. The van der Waals surface area contributed by atoms with Gasteiger partial charge >= 0.3 is 5.97 Å². The van der Waals surface area contributed by atoms with Crippen molar-refractivity contribution in [3.8, 4) is 0 Å². The molecule has 0 aromatic carbocycles. The summed E-state index contributed by atoms with van der Waals surface area (Å²) in [5.74, 6) is 2.88. The molecule has 0 amide bonds. The molecule has 3 nitrogen and oxygen atoms in total. The summed E-state index contributed by atoms with van der Waals surface area (Å²) >= 11 is 0. The van der Waals surface area contributed by atoms with E-state index in [-0.39, 0.29) is 5.97 Å². The van der Waals surface area contributed by atoms with Crippen LogP contribution in [0.15, 0.2) is 24.3 Å². The highest BCUT2D eigenvalue weighted by Crippen LogP contribution is 2.57. The standard InChI is InChI=1S/C16H22O3/c1-10(2)16(17)19-7-6-18-15-9-11-8-14(15)13-5-3-4-12(11)13/h3-4,11-15H,1,5-9H2,2H3/t11-,12+,13-,14+,15+/m0/s1. The summed E-state index contributed by atoms with van der Waals surface area (Å²) in [5.41, 5.74) is 0.444. The molecular weight excluding hydrogens is 240 g/mol. The van der Waals surface area contributed by atoms with Crippen LogP contribution >= 0.6 is 0 Å². The van der Waals surface area contributed by atoms with Crippen LogP contribution in [0.1, 0.15) is 26.2 Å². The first-order chi connectivity index (χ1) is 9.16. The van der Waals surface area contributed by atoms with E-state index in [1.165, 1.54) is 19.3 Å². The number of carbonyl (C=O) groups is 1. The third-order valence-electron chi connectivity index (χ3n) is 4.94. The summed E-state index contributed by atoms with van der Waals surface area (Å²) in [6, 6.07) is 0. The molecule has 3 aliphatic rings. The van der Waals surface area contributed by atoms with Crippen molar-refractivity contribution in [3.63, 3.8) is 0 Å². The van der Waals surface area contributed by atoms with Gasteiger partial charge in [-0.15, -0.1) is 0 Å². The second kappa shape index (κ2) is 5.12. The lowest BCUT2D eigenvalue weighted by molar-refractivity contribution is -0.141. The van der Waals surface area contributed by atoms with Crippen LogP contribution in [-0.4, -0.2) is 25.3 Å². The molecule has 0 radical (unpaired) electrons. The van der Waals surface area contributed by atoms with Gasteiger partial charge in [-0.25, -0.2) is 4.79 Å². The Bertz CT molecular complexity index is 412. The van der Waals surface area contributed by atoms with E-state index < -0.39 is 0 Å². The van der Waals surface area contributed by atoms with Gasteiger partial charge < -0.3 is 9.47 Å². The number of carbonyl (C=O) groups excluding carboxylic acids is 1. The Morgan fingerprint density at radius 1 is 1.32 bits per heavy atom. The molecule has 0 aromatic rings. The van der Waals surface area contributed by atoms with Crippen LogP contribution in [-0.2, 0) is 14.3 Å². The second-order valence-electron chi connectivity index (χ2n) is 6.13. The SMILES string of the molecule is C=C(C)C(=O)OCCO[C@@H]1C[C@@H]2C[C@@H]1[C@H]1CC=C[C@H]21. The monoisotopic (exact) mass is 262 g/mol. The second-order valence-corrected chi connectivity index (χ2v) is 6.13. The predicted octanol–water partition coefficient (Wildman–Crippen LogP) is 2.72. The maximum atomic E-state index is 11.2. The highest BCUT2D eigenvalue weighted by molar-refractivity contribution is 5.86. The minimum Gasteiger partial charge on any atom is -0.460 e. The molecule has 3 aliphatic carbocycles. The lowest BCUT2D eigenvalue weighted by atomic mass is 9.80. The Morgan fingerprint density at radius 2 is 2.16 bits per heavy atom. The van der Waals surface area contributed by atoms with E-state index in [9.17, 15) is 4.79 Å². The molecule has 0 N–H and O–H groups in total. The fraction of sp³-hybridized carbons (Fsp3) is 0.688. The van der Waals surface area contributed by atoms with Crippen LogP contribution in [0.2, 0.25) is 0 Å². The van der Waals surface area contributed by atoms with Gasteiger partial charge in [-0.05, 0) is 49.9 Å². The van der Waals surface area contributed by atoms with Crippen LogP contribution in [0.4, 0.5) is 0 Å². The quantitative estimate of drug-likeness (QED) is 0.331. The van der Waals surface area contributed by atoms with Crippen molar-refractivity contribution >= 4 is 5.97 Å². The lowest BCUT2D eigenvalue weighted by Crippen LogP contribution is -2.31. The fourth-order valence-electron chi connectivity index (χ4n) is 4.14. The summed E-state index contributed by atoms with van der Waals surface area (Å²) in [7, 11) is 0. The third-order valence-corrected chi connectivity index (χ3v) is 4.94. The molecular formula is C16H22O3. The van der Waals surface area contributed by atoms with Crippen molar-refractivity contribution in [2.24, 2.45) is 23.7 Å². The largest absolute Gasteiger partial charge is 0.460 e. The Hall–Kier alpha value is -1.09. The molecule has 0 aromatic heterocycles. The molecule has 0 unspecified atom stereocenters. The van der Waals surface area contributed by atoms with E-state index in [4.69, 9.17) is 9.47 Å². The van der Waals surface area contributed by atoms with Crippen LogP contribution in [0, 0.1) is 23.7 Å². The molecule has 3 rings (SSSR count). The normalized spacial score (nSPS) is 38.5. The van der Waals surface area contributed by atoms with E-state index >= 15 is 0 Å². The number of rotatable bonds is 5. The molecule has 19 heavy (non-hydrogen) atoms. The van der Waals surface area contributed by atoms with Crippen molar-refractivity contribution in [2.45, 2.75) is 32.3 Å². The average molecular weight is 262 g/mol. The molecule has 5 atom stereocenters. The highest BCUT2D eigenvalue weighted by Gasteiger charge is 2.52. The fourth-order valence-corrected chi connectivity index (χ4v) is 4.14. The number of esters is 1. The van der Waals surface area contributed by atoms with Crippen LogP contribution < -0.4 is 0 Å². The predicted molar refractivity (Wildman–Crippen MR) is 72.5 cm³/mol. The first-order valence-corrected chi connectivity index (χ1v) is 7.27. The topological polar surface area (TPSA) is 35.5 Å². The van der Waals surface area contributed by atoms with Gasteiger partial charge in [-0.1, -0.05) is 18.7 Å². The zero-order chi connectivity index (χ0) is 13.4. The molecule has 3 heteroatoms. The van der Waals surface area contributed by atoms with Gasteiger partial charge in [0.1, 0.15) is 6.61 Å². The van der Waals surface area contributed by atoms with Crippen molar-refractivity contribution in [2.75, 3.05) is 13.2 Å². The van der Waals surface area contributed by atoms with E-state index in [0.29, 0.717) is 24.9 Å². The lowest BCUT2D eigenvalue weighted by Gasteiger charge is -2.31. The van der Waals surface area contributed by atoms with Gasteiger partial charge in [0.05, 0.1) is 12.7 Å². The molecule has 0 heterocycles. The molecule has 2 fully saturated rings. The minimum absolute atomic E-state index is 0.323. The number of allylic oxidation sites excluding steroid dienone is 2. The van der Waals surface area contributed by atoms with Gasteiger partial charge in [0.15, 0.2) is 0 Å². The number of hydrogen-bond donors (Lipinski definition) is 0. The highest BCUT2D eigenvalue weighted by atomic mass is 16.6. The van der Waals surface area contributed by atoms with E-state index in [1.54, 1.807) is 6.92 Å². The summed E-state index contributed by atoms with van der Waals surface area (Å²) in [5, 5.41) is 0. The molecule has 2 bridgehead atoms. The van der Waals surface area contributed by atoms with Crippen LogP contribution in [0.3, 0.4) is 0 Å². The van der Waals surface area contributed by atoms with Gasteiger partial charge in [0, 0.05) is 5.57 Å². The first kappa shape index (κ1) is 12.9. The summed E-state index contributed by atoms with van der Waals surface area (Å²) < 4.78 is 11.0. The molecule has 0 spiro atoms. The Morgan fingerprint density at radius 3 is 2.95 bits per heavy atom. The average Bonchev–Trinajstić information content (AvgIpc) is 3.05. The molecule has 0 saturated heterocycles. The van der Waals surface area contributed by atoms with Gasteiger partial charge in [-0.3, -0.25) is 0 Å². The van der Waals surface area contributed by atoms with Crippen molar-refractivity contribution < 1.29 is 14.3 Å². The maximum absolute atomic E-state index is 11.2. The first-order valence-electron chi connectivity index (χ1n) is 7.27. The smallest absolute Gasteiger partial charge is 0.333 e. The number of fused-ring (bicyclic) bond motifs is 5. The van der Waals surface area contributed by atoms with E-state index in [0.717, 1.165) is 23.7 Å². The van der Waals surface area contributed by atoms with Crippen molar-refractivity contribution in [1.29, 1.82) is 0 Å². The Labute approximate surface area is 114 Å². The zero-order valence-electron chi connectivity index (χ0n) is 11.5. The van der Waals surface area contributed by atoms with Crippen LogP contribution in [0.25, 0.3) is 0 Å². The van der Waals surface area contributed by atoms with Crippen LogP contribution in [0.5, 0.6) is 0 Å². The Kier molecular flexibility index (Phi) is 3.48. The number of ether oxygens (including phenoxy) is 2. The van der Waals surface area contributed by atoms with Gasteiger partial charge in [-0.2, -0.15) is 0 Å². The van der Waals surface area contributed by atoms with Gasteiger partial charge in [0.25, 0.3) is 0 Å². The number of hydrogen-bond acceptors (Lipinski definition) is 3. The van der Waals surface area contributed by atoms with Crippen molar-refractivity contribution in [1.82, 2.24) is 0 Å².